The molecule has 2 rings (SSSR count). The van der Waals surface area contributed by atoms with E-state index < -0.39 is 5.97 Å². The lowest BCUT2D eigenvalue weighted by molar-refractivity contribution is 0.0698. The zero-order chi connectivity index (χ0) is 14.0. The van der Waals surface area contributed by atoms with Gasteiger partial charge in [0.05, 0.1) is 5.56 Å². The van der Waals surface area contributed by atoms with E-state index in [2.05, 4.69) is 5.32 Å². The zero-order valence-electron chi connectivity index (χ0n) is 11.0. The molecule has 1 saturated carbocycles. The molecule has 0 heterocycles. The second-order valence-electron chi connectivity index (χ2n) is 5.18. The number of aliphatic hydroxyl groups excluding tert-OH is 1. The molecule has 2 atom stereocenters. The monoisotopic (exact) mass is 264 g/mol. The van der Waals surface area contributed by atoms with Crippen molar-refractivity contribution in [2.45, 2.75) is 32.2 Å². The van der Waals surface area contributed by atoms with Crippen molar-refractivity contribution in [3.05, 3.63) is 23.3 Å². The molecule has 1 aliphatic carbocycles. The predicted molar refractivity (Wildman–Crippen MR) is 74.4 cm³/mol. The highest BCUT2D eigenvalue weighted by molar-refractivity contribution is 5.95. The summed E-state index contributed by atoms with van der Waals surface area (Å²) in [5, 5.41) is 21.8. The molecule has 1 fully saturated rings. The fraction of sp³-hybridized carbons (Fsp3) is 0.500. The number of nitrogens with two attached hydrogens (primary N) is 1. The van der Waals surface area contributed by atoms with Crippen molar-refractivity contribution >= 4 is 17.3 Å². The van der Waals surface area contributed by atoms with Gasteiger partial charge in [-0.15, -0.1) is 0 Å². The number of carbonyl (C=O) groups is 1. The maximum atomic E-state index is 11.1. The first-order chi connectivity index (χ1) is 9.02. The van der Waals surface area contributed by atoms with Gasteiger partial charge < -0.3 is 21.3 Å². The highest BCUT2D eigenvalue weighted by Crippen LogP contribution is 2.30. The van der Waals surface area contributed by atoms with Crippen LogP contribution in [0, 0.1) is 12.8 Å². The summed E-state index contributed by atoms with van der Waals surface area (Å²) in [5.74, 6) is -0.777. The van der Waals surface area contributed by atoms with Crippen molar-refractivity contribution in [2.75, 3.05) is 17.7 Å². The Balaban J connectivity index is 2.23. The number of nitrogen functional groups attached to an aromatic ring is 1. The van der Waals surface area contributed by atoms with Crippen LogP contribution in [-0.4, -0.2) is 28.8 Å². The van der Waals surface area contributed by atoms with Gasteiger partial charge >= 0.3 is 5.97 Å². The van der Waals surface area contributed by atoms with E-state index in [-0.39, 0.29) is 24.1 Å². The van der Waals surface area contributed by atoms with E-state index in [1.165, 1.54) is 0 Å². The highest BCUT2D eigenvalue weighted by atomic mass is 16.4. The van der Waals surface area contributed by atoms with Crippen LogP contribution in [0.5, 0.6) is 0 Å². The van der Waals surface area contributed by atoms with Crippen LogP contribution < -0.4 is 11.1 Å². The van der Waals surface area contributed by atoms with Crippen molar-refractivity contribution in [2.24, 2.45) is 5.92 Å². The molecule has 1 aromatic rings. The number of carboxylic acids is 1. The summed E-state index contributed by atoms with van der Waals surface area (Å²) in [6, 6.07) is 3.63. The van der Waals surface area contributed by atoms with Gasteiger partial charge in [0.15, 0.2) is 0 Å². The van der Waals surface area contributed by atoms with Crippen LogP contribution in [0.25, 0.3) is 0 Å². The van der Waals surface area contributed by atoms with E-state index in [0.717, 1.165) is 30.5 Å². The standard InChI is InChI=1S/C14H20N2O3/c1-8-5-10(6-11(13(8)15)14(18)19)16-12-4-2-3-9(12)7-17/h5-6,9,12,16-17H,2-4,7,15H2,1H3,(H,18,19). The number of aryl methyl sites for hydroxylation is 1. The van der Waals surface area contributed by atoms with Crippen molar-refractivity contribution in [3.8, 4) is 0 Å². The third-order valence-electron chi connectivity index (χ3n) is 3.86. The van der Waals surface area contributed by atoms with Gasteiger partial charge in [0.1, 0.15) is 0 Å². The van der Waals surface area contributed by atoms with Crippen molar-refractivity contribution in [3.63, 3.8) is 0 Å². The fourth-order valence-corrected chi connectivity index (χ4v) is 2.72. The number of carboxylic acid groups (broad SMARTS) is 1. The van der Waals surface area contributed by atoms with E-state index in [4.69, 9.17) is 10.8 Å². The lowest BCUT2D eigenvalue weighted by Gasteiger charge is -2.21. The van der Waals surface area contributed by atoms with E-state index >= 15 is 0 Å². The van der Waals surface area contributed by atoms with Crippen LogP contribution in [-0.2, 0) is 0 Å². The van der Waals surface area contributed by atoms with Crippen LogP contribution in [0.4, 0.5) is 11.4 Å². The van der Waals surface area contributed by atoms with Gasteiger partial charge in [-0.1, -0.05) is 6.42 Å². The van der Waals surface area contributed by atoms with Gasteiger partial charge in [0.2, 0.25) is 0 Å². The Morgan fingerprint density at radius 1 is 1.47 bits per heavy atom. The van der Waals surface area contributed by atoms with Crippen LogP contribution in [0.1, 0.15) is 35.2 Å². The second-order valence-corrected chi connectivity index (χ2v) is 5.18. The van der Waals surface area contributed by atoms with Crippen molar-refractivity contribution in [1.29, 1.82) is 0 Å². The molecule has 5 N–H and O–H groups in total. The quantitative estimate of drug-likeness (QED) is 0.622. The Kier molecular flexibility index (Phi) is 3.95. The van der Waals surface area contributed by atoms with Gasteiger partial charge in [-0.25, -0.2) is 4.79 Å². The average Bonchev–Trinajstić information content (AvgIpc) is 2.80. The Morgan fingerprint density at radius 2 is 2.21 bits per heavy atom. The van der Waals surface area contributed by atoms with Gasteiger partial charge in [-0.2, -0.15) is 0 Å². The summed E-state index contributed by atoms with van der Waals surface area (Å²) < 4.78 is 0. The lowest BCUT2D eigenvalue weighted by Crippen LogP contribution is -2.26. The van der Waals surface area contributed by atoms with Crippen LogP contribution in [0.15, 0.2) is 12.1 Å². The minimum atomic E-state index is -1.02. The predicted octanol–water partition coefficient (Wildman–Crippen LogP) is 1.85. The maximum absolute atomic E-state index is 11.1. The Labute approximate surface area is 112 Å². The van der Waals surface area contributed by atoms with Gasteiger partial charge in [-0.05, 0) is 37.5 Å². The molecule has 5 heteroatoms. The molecular formula is C14H20N2O3. The molecule has 0 amide bonds. The third kappa shape index (κ3) is 2.81. The number of anilines is 2. The molecule has 1 aliphatic rings. The summed E-state index contributed by atoms with van der Waals surface area (Å²) in [4.78, 5) is 11.1. The molecule has 1 aromatic carbocycles. The molecular weight excluding hydrogens is 244 g/mol. The first-order valence-corrected chi connectivity index (χ1v) is 6.53. The Hall–Kier alpha value is -1.75. The summed E-state index contributed by atoms with van der Waals surface area (Å²) in [6.45, 7) is 1.96. The number of aliphatic hydroxyl groups is 1. The molecule has 2 unspecified atom stereocenters. The Morgan fingerprint density at radius 3 is 2.84 bits per heavy atom. The normalized spacial score (nSPS) is 22.4. The summed E-state index contributed by atoms with van der Waals surface area (Å²) >= 11 is 0. The summed E-state index contributed by atoms with van der Waals surface area (Å²) in [5.41, 5.74) is 7.71. The maximum Gasteiger partial charge on any atom is 0.337 e. The van der Waals surface area contributed by atoms with Crippen LogP contribution in [0.2, 0.25) is 0 Å². The summed E-state index contributed by atoms with van der Waals surface area (Å²) in [6.07, 6.45) is 3.09. The van der Waals surface area contributed by atoms with Gasteiger partial charge in [-0.3, -0.25) is 0 Å². The zero-order valence-corrected chi connectivity index (χ0v) is 11.0. The van der Waals surface area contributed by atoms with Gasteiger partial charge in [0, 0.05) is 29.9 Å². The number of hydrogen-bond acceptors (Lipinski definition) is 4. The first kappa shape index (κ1) is 13.7. The topological polar surface area (TPSA) is 95.6 Å². The van der Waals surface area contributed by atoms with Crippen LogP contribution in [0.3, 0.4) is 0 Å². The molecule has 0 radical (unpaired) electrons. The molecule has 5 nitrogen and oxygen atoms in total. The fourth-order valence-electron chi connectivity index (χ4n) is 2.72. The van der Waals surface area contributed by atoms with E-state index in [1.54, 1.807) is 13.0 Å². The number of aromatic carboxylic acids is 1. The third-order valence-corrected chi connectivity index (χ3v) is 3.86. The van der Waals surface area contributed by atoms with Crippen molar-refractivity contribution in [1.82, 2.24) is 0 Å². The largest absolute Gasteiger partial charge is 0.478 e. The molecule has 0 bridgehead atoms. The molecule has 0 aromatic heterocycles. The van der Waals surface area contributed by atoms with E-state index in [1.807, 2.05) is 6.07 Å². The minimum absolute atomic E-state index is 0.126. The van der Waals surface area contributed by atoms with Gasteiger partial charge in [0.25, 0.3) is 0 Å². The summed E-state index contributed by atoms with van der Waals surface area (Å²) in [7, 11) is 0. The Bertz CT molecular complexity index is 488. The minimum Gasteiger partial charge on any atom is -0.478 e. The molecule has 0 aliphatic heterocycles. The SMILES string of the molecule is Cc1cc(NC2CCCC2CO)cc(C(=O)O)c1N. The number of benzene rings is 1. The smallest absolute Gasteiger partial charge is 0.337 e. The average molecular weight is 264 g/mol. The van der Waals surface area contributed by atoms with E-state index in [0.29, 0.717) is 5.69 Å². The number of rotatable bonds is 4. The van der Waals surface area contributed by atoms with E-state index in [9.17, 15) is 9.90 Å². The molecule has 0 spiro atoms. The van der Waals surface area contributed by atoms with Crippen molar-refractivity contribution < 1.29 is 15.0 Å². The highest BCUT2D eigenvalue weighted by Gasteiger charge is 2.26. The van der Waals surface area contributed by atoms with Crippen LogP contribution >= 0.6 is 0 Å². The first-order valence-electron chi connectivity index (χ1n) is 6.53. The molecule has 19 heavy (non-hydrogen) atoms. The number of nitrogens with one attached hydrogen (secondary N) is 1. The number of hydrogen-bond donors (Lipinski definition) is 4. The lowest BCUT2D eigenvalue weighted by atomic mass is 10.0. The second kappa shape index (κ2) is 5.48. The molecule has 104 valence electrons. The molecule has 0 saturated heterocycles.